The third-order valence-electron chi connectivity index (χ3n) is 3.76. The van der Waals surface area contributed by atoms with Crippen LogP contribution in [0.1, 0.15) is 49.6 Å². The summed E-state index contributed by atoms with van der Waals surface area (Å²) < 4.78 is 5.34. The fourth-order valence-electron chi connectivity index (χ4n) is 2.25. The molecule has 4 nitrogen and oxygen atoms in total. The van der Waals surface area contributed by atoms with Crippen LogP contribution in [0.5, 0.6) is 0 Å². The second-order valence-corrected chi connectivity index (χ2v) is 8.18. The van der Waals surface area contributed by atoms with Crippen LogP contribution in [0.25, 0.3) is 0 Å². The fourth-order valence-corrected chi connectivity index (χ4v) is 5.09. The van der Waals surface area contributed by atoms with Crippen LogP contribution in [0, 0.1) is 0 Å². The van der Waals surface area contributed by atoms with Gasteiger partial charge in [0.2, 0.25) is 5.89 Å². The minimum atomic E-state index is -0.175. The lowest BCUT2D eigenvalue weighted by molar-refractivity contribution is 0.0625. The van der Waals surface area contributed by atoms with E-state index in [1.165, 1.54) is 0 Å². The molecule has 1 aromatic rings. The lowest BCUT2D eigenvalue weighted by Gasteiger charge is -2.29. The van der Waals surface area contributed by atoms with Gasteiger partial charge in [-0.1, -0.05) is 19.0 Å². The van der Waals surface area contributed by atoms with Crippen LogP contribution in [0.4, 0.5) is 0 Å². The lowest BCUT2D eigenvalue weighted by Crippen LogP contribution is -2.26. The number of aromatic nitrogens is 2. The van der Waals surface area contributed by atoms with Crippen LogP contribution in [0.15, 0.2) is 4.52 Å². The van der Waals surface area contributed by atoms with Gasteiger partial charge in [0, 0.05) is 22.2 Å². The van der Waals surface area contributed by atoms with E-state index < -0.39 is 0 Å². The van der Waals surface area contributed by atoms with Crippen molar-refractivity contribution < 1.29 is 9.63 Å². The summed E-state index contributed by atoms with van der Waals surface area (Å²) in [4.78, 5) is 4.53. The predicted octanol–water partition coefficient (Wildman–Crippen LogP) is 2.61. The summed E-state index contributed by atoms with van der Waals surface area (Å²) in [6.45, 7) is 4.54. The molecule has 1 aliphatic heterocycles. The van der Waals surface area contributed by atoms with Crippen LogP contribution >= 0.6 is 23.5 Å². The first kappa shape index (κ1) is 12.8. The van der Waals surface area contributed by atoms with Crippen LogP contribution in [-0.2, 0) is 0 Å². The molecule has 2 aliphatic rings. The van der Waals surface area contributed by atoms with Crippen LogP contribution < -0.4 is 0 Å². The van der Waals surface area contributed by atoms with E-state index >= 15 is 0 Å². The Labute approximate surface area is 115 Å². The molecule has 1 aliphatic carbocycles. The van der Waals surface area contributed by atoms with Gasteiger partial charge in [0.25, 0.3) is 0 Å². The summed E-state index contributed by atoms with van der Waals surface area (Å²) in [5, 5.41) is 15.1. The molecule has 0 amide bonds. The van der Waals surface area contributed by atoms with Crippen molar-refractivity contribution in [1.29, 1.82) is 0 Å². The van der Waals surface area contributed by atoms with E-state index in [1.54, 1.807) is 0 Å². The van der Waals surface area contributed by atoms with E-state index in [4.69, 9.17) is 4.52 Å². The van der Waals surface area contributed by atoms with Gasteiger partial charge in [-0.15, -0.1) is 11.8 Å². The van der Waals surface area contributed by atoms with Gasteiger partial charge in [-0.25, -0.2) is 0 Å². The third-order valence-corrected chi connectivity index (χ3v) is 7.14. The molecule has 2 heterocycles. The van der Waals surface area contributed by atoms with Crippen molar-refractivity contribution in [3.8, 4) is 0 Å². The molecule has 3 atom stereocenters. The zero-order chi connectivity index (χ0) is 12.7. The maximum Gasteiger partial charge on any atom is 0.229 e. The highest BCUT2D eigenvalue weighted by Gasteiger charge is 2.35. The molecular weight excluding hydrogens is 268 g/mol. The first-order valence-electron chi connectivity index (χ1n) is 6.42. The minimum absolute atomic E-state index is 0.175. The molecule has 0 spiro atoms. The van der Waals surface area contributed by atoms with Gasteiger partial charge < -0.3 is 9.63 Å². The maximum atomic E-state index is 9.30. The molecular formula is C12H18N2O2S2. The number of hydrogen-bond donors (Lipinski definition) is 1. The topological polar surface area (TPSA) is 59.2 Å². The number of hydrogen-bond acceptors (Lipinski definition) is 6. The van der Waals surface area contributed by atoms with Crippen molar-refractivity contribution in [2.75, 3.05) is 5.75 Å². The van der Waals surface area contributed by atoms with Gasteiger partial charge in [0.1, 0.15) is 0 Å². The molecule has 1 saturated carbocycles. The zero-order valence-electron chi connectivity index (χ0n) is 10.6. The Morgan fingerprint density at radius 2 is 2.06 bits per heavy atom. The lowest BCUT2D eigenvalue weighted by atomic mass is 9.82. The Kier molecular flexibility index (Phi) is 3.60. The highest BCUT2D eigenvalue weighted by molar-refractivity contribution is 8.07. The monoisotopic (exact) mass is 286 g/mol. The largest absolute Gasteiger partial charge is 0.393 e. The van der Waals surface area contributed by atoms with E-state index in [1.807, 2.05) is 23.5 Å². The first-order valence-corrected chi connectivity index (χ1v) is 8.41. The Morgan fingerprint density at radius 1 is 1.28 bits per heavy atom. The number of thioether (sulfide) groups is 2. The Morgan fingerprint density at radius 3 is 2.72 bits per heavy atom. The molecule has 3 rings (SSSR count). The predicted molar refractivity (Wildman–Crippen MR) is 74.0 cm³/mol. The van der Waals surface area contributed by atoms with E-state index in [9.17, 15) is 5.11 Å². The molecule has 18 heavy (non-hydrogen) atoms. The van der Waals surface area contributed by atoms with Crippen molar-refractivity contribution in [2.45, 2.75) is 54.5 Å². The summed E-state index contributed by atoms with van der Waals surface area (Å²) in [6, 6.07) is 0. The third kappa shape index (κ3) is 2.42. The van der Waals surface area contributed by atoms with Gasteiger partial charge in [-0.05, 0) is 12.8 Å². The summed E-state index contributed by atoms with van der Waals surface area (Å²) in [5.41, 5.74) is 0. The summed E-state index contributed by atoms with van der Waals surface area (Å²) in [5.74, 6) is 2.89. The van der Waals surface area contributed by atoms with Gasteiger partial charge in [0.15, 0.2) is 5.82 Å². The van der Waals surface area contributed by atoms with Crippen LogP contribution in [0.2, 0.25) is 0 Å². The quantitative estimate of drug-likeness (QED) is 0.902. The van der Waals surface area contributed by atoms with E-state index in [2.05, 4.69) is 24.0 Å². The summed E-state index contributed by atoms with van der Waals surface area (Å²) in [7, 11) is 0. The average Bonchev–Trinajstić information content (AvgIpc) is 2.78. The number of nitrogens with zero attached hydrogens (tertiary/aromatic N) is 2. The summed E-state index contributed by atoms with van der Waals surface area (Å²) in [6.07, 6.45) is 1.36. The summed E-state index contributed by atoms with van der Waals surface area (Å²) >= 11 is 3.93. The van der Waals surface area contributed by atoms with Crippen molar-refractivity contribution in [1.82, 2.24) is 10.1 Å². The van der Waals surface area contributed by atoms with Crippen molar-refractivity contribution >= 4 is 23.5 Å². The Hall–Kier alpha value is -0.200. The number of aliphatic hydroxyl groups excluding tert-OH is 1. The van der Waals surface area contributed by atoms with Crippen molar-refractivity contribution in [2.24, 2.45) is 0 Å². The zero-order valence-corrected chi connectivity index (χ0v) is 12.2. The normalized spacial score (nSPS) is 40.5. The maximum absolute atomic E-state index is 9.30. The molecule has 3 unspecified atom stereocenters. The Balaban J connectivity index is 1.66. The molecule has 1 aromatic heterocycles. The molecule has 0 radical (unpaired) electrons. The smallest absolute Gasteiger partial charge is 0.229 e. The SMILES string of the molecule is CC1SCC(c2noc(C3CC(O)C3)n2)SC1C. The standard InChI is InChI=1S/C12H18N2O2S2/c1-6-7(2)18-10(5-17-6)11-13-12(16-14-11)8-3-9(15)4-8/h6-10,15H,3-5H2,1-2H3. The number of aliphatic hydroxyl groups is 1. The highest BCUT2D eigenvalue weighted by Crippen LogP contribution is 2.44. The molecule has 2 fully saturated rings. The van der Waals surface area contributed by atoms with Crippen molar-refractivity contribution in [3.63, 3.8) is 0 Å². The van der Waals surface area contributed by atoms with E-state index in [0.717, 1.165) is 24.4 Å². The second-order valence-electron chi connectivity index (χ2n) is 5.18. The van der Waals surface area contributed by atoms with Gasteiger partial charge >= 0.3 is 0 Å². The number of rotatable bonds is 2. The Bertz CT molecular complexity index is 420. The van der Waals surface area contributed by atoms with Crippen LogP contribution in [0.3, 0.4) is 0 Å². The molecule has 6 heteroatoms. The molecule has 1 saturated heterocycles. The first-order chi connectivity index (χ1) is 8.63. The molecule has 0 aromatic carbocycles. The average molecular weight is 286 g/mol. The minimum Gasteiger partial charge on any atom is -0.393 e. The van der Waals surface area contributed by atoms with Gasteiger partial charge in [-0.3, -0.25) is 0 Å². The molecule has 0 bridgehead atoms. The second kappa shape index (κ2) is 5.06. The van der Waals surface area contributed by atoms with Gasteiger partial charge in [0.05, 0.1) is 11.4 Å². The molecule has 100 valence electrons. The van der Waals surface area contributed by atoms with E-state index in [0.29, 0.717) is 21.6 Å². The van der Waals surface area contributed by atoms with Gasteiger partial charge in [-0.2, -0.15) is 16.7 Å². The van der Waals surface area contributed by atoms with E-state index in [-0.39, 0.29) is 12.0 Å². The molecule has 1 N–H and O–H groups in total. The van der Waals surface area contributed by atoms with Crippen LogP contribution in [-0.4, -0.2) is 37.6 Å². The van der Waals surface area contributed by atoms with Crippen molar-refractivity contribution in [3.05, 3.63) is 11.7 Å². The highest BCUT2D eigenvalue weighted by atomic mass is 32.2. The fraction of sp³-hybridized carbons (Fsp3) is 0.833.